The number of halogens is 1. The van der Waals surface area contributed by atoms with Crippen molar-refractivity contribution in [2.45, 2.75) is 0 Å². The third-order valence-corrected chi connectivity index (χ3v) is 3.44. The van der Waals surface area contributed by atoms with Crippen molar-refractivity contribution >= 4 is 33.8 Å². The summed E-state index contributed by atoms with van der Waals surface area (Å²) in [6, 6.07) is 8.19. The number of ketones is 1. The molecule has 1 aromatic heterocycles. The summed E-state index contributed by atoms with van der Waals surface area (Å²) in [5.74, 6) is 0.630. The maximum atomic E-state index is 12.0. The third kappa shape index (κ3) is 3.81. The van der Waals surface area contributed by atoms with E-state index >= 15 is 0 Å². The molecule has 118 valence electrons. The first-order valence-electron chi connectivity index (χ1n) is 6.65. The molecule has 0 unspecified atom stereocenters. The number of benzene rings is 1. The van der Waals surface area contributed by atoms with E-state index in [2.05, 4.69) is 15.9 Å². The molecule has 0 amide bonds. The standard InChI is InChI=1S/C16H11BrO6/c17-15-5-2-11(23-15)3-6-16(19)20-8-12(18)10-1-4-13-14(7-10)22-9-21-13/h1-7H,8-9H2/b6-3+. The Kier molecular flexibility index (Phi) is 4.47. The van der Waals surface area contributed by atoms with Gasteiger partial charge in [0.25, 0.3) is 0 Å². The van der Waals surface area contributed by atoms with Crippen molar-refractivity contribution in [2.75, 3.05) is 13.4 Å². The van der Waals surface area contributed by atoms with E-state index in [1.54, 1.807) is 30.3 Å². The predicted octanol–water partition coefficient (Wildman–Crippen LogP) is 3.21. The van der Waals surface area contributed by atoms with Gasteiger partial charge in [-0.25, -0.2) is 4.79 Å². The molecule has 0 spiro atoms. The lowest BCUT2D eigenvalue weighted by atomic mass is 10.1. The molecule has 0 N–H and O–H groups in total. The maximum absolute atomic E-state index is 12.0. The fraction of sp³-hybridized carbons (Fsp3) is 0.125. The van der Waals surface area contributed by atoms with E-state index in [4.69, 9.17) is 18.6 Å². The van der Waals surface area contributed by atoms with Gasteiger partial charge in [0.2, 0.25) is 6.79 Å². The van der Waals surface area contributed by atoms with Crippen molar-refractivity contribution in [1.82, 2.24) is 0 Å². The number of fused-ring (bicyclic) bond motifs is 1. The van der Waals surface area contributed by atoms with Crippen molar-refractivity contribution in [1.29, 1.82) is 0 Å². The predicted molar refractivity (Wildman–Crippen MR) is 83.3 cm³/mol. The van der Waals surface area contributed by atoms with Crippen molar-refractivity contribution in [3.8, 4) is 11.5 Å². The zero-order chi connectivity index (χ0) is 16.2. The minimum Gasteiger partial charge on any atom is -0.454 e. The summed E-state index contributed by atoms with van der Waals surface area (Å²) in [7, 11) is 0. The minimum absolute atomic E-state index is 0.135. The summed E-state index contributed by atoms with van der Waals surface area (Å²) in [6.45, 7) is -0.222. The number of esters is 1. The fourth-order valence-electron chi connectivity index (χ4n) is 1.91. The Labute approximate surface area is 139 Å². The first-order chi connectivity index (χ1) is 11.1. The number of hydrogen-bond donors (Lipinski definition) is 0. The lowest BCUT2D eigenvalue weighted by Gasteiger charge is -2.03. The van der Waals surface area contributed by atoms with Crippen LogP contribution in [-0.2, 0) is 9.53 Å². The van der Waals surface area contributed by atoms with Gasteiger partial charge in [-0.15, -0.1) is 0 Å². The number of rotatable bonds is 5. The second-order valence-corrected chi connectivity index (χ2v) is 5.36. The monoisotopic (exact) mass is 378 g/mol. The molecule has 0 saturated carbocycles. The summed E-state index contributed by atoms with van der Waals surface area (Å²) >= 11 is 3.16. The SMILES string of the molecule is O=C(/C=C/c1ccc(Br)o1)OCC(=O)c1ccc2c(c1)OCO2. The van der Waals surface area contributed by atoms with Gasteiger partial charge in [0.15, 0.2) is 28.6 Å². The minimum atomic E-state index is -0.633. The van der Waals surface area contributed by atoms with Gasteiger partial charge < -0.3 is 18.6 Å². The van der Waals surface area contributed by atoms with Gasteiger partial charge in [0.05, 0.1) is 0 Å². The molecule has 0 saturated heterocycles. The largest absolute Gasteiger partial charge is 0.454 e. The number of furan rings is 1. The van der Waals surface area contributed by atoms with E-state index in [1.165, 1.54) is 12.2 Å². The van der Waals surface area contributed by atoms with Crippen molar-refractivity contribution in [3.05, 3.63) is 52.4 Å². The average molecular weight is 379 g/mol. The van der Waals surface area contributed by atoms with Gasteiger partial charge in [-0.3, -0.25) is 4.79 Å². The zero-order valence-electron chi connectivity index (χ0n) is 11.8. The Balaban J connectivity index is 1.54. The highest BCUT2D eigenvalue weighted by atomic mass is 79.9. The number of Topliss-reactive ketones (excluding diaryl/α,β-unsaturated/α-hetero) is 1. The maximum Gasteiger partial charge on any atom is 0.331 e. The van der Waals surface area contributed by atoms with Crippen molar-refractivity contribution in [2.24, 2.45) is 0 Å². The van der Waals surface area contributed by atoms with E-state index in [0.717, 1.165) is 0 Å². The molecule has 0 fully saturated rings. The molecule has 0 aliphatic carbocycles. The molecular weight excluding hydrogens is 368 g/mol. The first-order valence-corrected chi connectivity index (χ1v) is 7.44. The van der Waals surface area contributed by atoms with E-state index in [9.17, 15) is 9.59 Å². The molecule has 1 aliphatic rings. The summed E-state index contributed by atoms with van der Waals surface area (Å²) in [6.07, 6.45) is 2.65. The van der Waals surface area contributed by atoms with Gasteiger partial charge in [-0.05, 0) is 52.3 Å². The van der Waals surface area contributed by atoms with Crippen LogP contribution in [0.4, 0.5) is 0 Å². The topological polar surface area (TPSA) is 75.0 Å². The molecule has 0 radical (unpaired) electrons. The molecule has 0 atom stereocenters. The molecule has 1 aliphatic heterocycles. The van der Waals surface area contributed by atoms with E-state index in [0.29, 0.717) is 27.5 Å². The number of ether oxygens (including phenoxy) is 3. The van der Waals surface area contributed by atoms with Crippen LogP contribution in [0.2, 0.25) is 0 Å². The summed E-state index contributed by atoms with van der Waals surface area (Å²) in [4.78, 5) is 23.6. The molecule has 0 bridgehead atoms. The van der Waals surface area contributed by atoms with Gasteiger partial charge >= 0.3 is 5.97 Å². The van der Waals surface area contributed by atoms with Gasteiger partial charge in [-0.1, -0.05) is 0 Å². The van der Waals surface area contributed by atoms with Crippen LogP contribution in [-0.4, -0.2) is 25.2 Å². The highest BCUT2D eigenvalue weighted by Gasteiger charge is 2.16. The van der Waals surface area contributed by atoms with E-state index in [1.807, 2.05) is 0 Å². The quantitative estimate of drug-likeness (QED) is 0.451. The molecule has 1 aromatic carbocycles. The molecule has 2 heterocycles. The van der Waals surface area contributed by atoms with Crippen LogP contribution in [0.5, 0.6) is 11.5 Å². The number of carbonyl (C=O) groups is 2. The lowest BCUT2D eigenvalue weighted by molar-refractivity contribution is -0.136. The van der Waals surface area contributed by atoms with Crippen molar-refractivity contribution < 1.29 is 28.2 Å². The Morgan fingerprint density at radius 2 is 2.00 bits per heavy atom. The van der Waals surface area contributed by atoms with E-state index in [-0.39, 0.29) is 19.2 Å². The van der Waals surface area contributed by atoms with Crippen LogP contribution in [0.1, 0.15) is 16.1 Å². The normalized spacial score (nSPS) is 12.6. The Hall–Kier alpha value is -2.54. The summed E-state index contributed by atoms with van der Waals surface area (Å²) in [5.41, 5.74) is 0.390. The molecule has 7 heteroatoms. The number of carbonyl (C=O) groups excluding carboxylic acids is 2. The molecule has 23 heavy (non-hydrogen) atoms. The summed E-state index contributed by atoms with van der Waals surface area (Å²) in [5, 5.41) is 0. The Morgan fingerprint density at radius 3 is 2.78 bits per heavy atom. The van der Waals surface area contributed by atoms with Crippen LogP contribution < -0.4 is 9.47 Å². The van der Waals surface area contributed by atoms with E-state index < -0.39 is 5.97 Å². The lowest BCUT2D eigenvalue weighted by Crippen LogP contribution is -2.12. The van der Waals surface area contributed by atoms with Crippen LogP contribution >= 0.6 is 15.9 Å². The zero-order valence-corrected chi connectivity index (χ0v) is 13.4. The van der Waals surface area contributed by atoms with Gasteiger partial charge in [0, 0.05) is 11.6 Å². The van der Waals surface area contributed by atoms with Crippen LogP contribution in [0.3, 0.4) is 0 Å². The van der Waals surface area contributed by atoms with Crippen molar-refractivity contribution in [3.63, 3.8) is 0 Å². The van der Waals surface area contributed by atoms with Gasteiger partial charge in [0.1, 0.15) is 5.76 Å². The smallest absolute Gasteiger partial charge is 0.331 e. The van der Waals surface area contributed by atoms with Crippen LogP contribution in [0.15, 0.2) is 45.5 Å². The molecule has 6 nitrogen and oxygen atoms in total. The number of hydrogen-bond acceptors (Lipinski definition) is 6. The molecule has 2 aromatic rings. The Bertz CT molecular complexity index is 777. The first kappa shape index (κ1) is 15.4. The highest BCUT2D eigenvalue weighted by molar-refractivity contribution is 9.10. The molecular formula is C16H11BrO6. The van der Waals surface area contributed by atoms with Gasteiger partial charge in [-0.2, -0.15) is 0 Å². The third-order valence-electron chi connectivity index (χ3n) is 3.02. The average Bonchev–Trinajstić information content (AvgIpc) is 3.18. The highest BCUT2D eigenvalue weighted by Crippen LogP contribution is 2.32. The second kappa shape index (κ2) is 6.70. The summed E-state index contributed by atoms with van der Waals surface area (Å²) < 4.78 is 21.0. The Morgan fingerprint density at radius 1 is 1.17 bits per heavy atom. The van der Waals surface area contributed by atoms with Crippen LogP contribution in [0, 0.1) is 0 Å². The van der Waals surface area contributed by atoms with Crippen LogP contribution in [0.25, 0.3) is 6.08 Å². The second-order valence-electron chi connectivity index (χ2n) is 4.57. The fourth-order valence-corrected chi connectivity index (χ4v) is 2.23. The molecule has 3 rings (SSSR count).